The molecule has 1 saturated heterocycles. The van der Waals surface area contributed by atoms with Gasteiger partial charge in [0.15, 0.2) is 5.65 Å². The molecule has 0 atom stereocenters. The number of likely N-dealkylation sites (N-methyl/N-ethyl adjacent to an activating group) is 1. The molecule has 1 aliphatic heterocycles. The van der Waals surface area contributed by atoms with E-state index in [0.717, 1.165) is 25.7 Å². The van der Waals surface area contributed by atoms with E-state index in [-0.39, 0.29) is 23.6 Å². The van der Waals surface area contributed by atoms with Gasteiger partial charge in [0.1, 0.15) is 17.3 Å². The number of piperazine rings is 1. The highest BCUT2D eigenvalue weighted by Gasteiger charge is 2.34. The molecule has 218 valence electrons. The Morgan fingerprint density at radius 3 is 2.48 bits per heavy atom. The maximum Gasteiger partial charge on any atom is 0.416 e. The number of pyridine rings is 1. The van der Waals surface area contributed by atoms with Gasteiger partial charge in [-0.25, -0.2) is 19.3 Å². The molecule has 1 aromatic carbocycles. The van der Waals surface area contributed by atoms with Crippen molar-refractivity contribution in [2.75, 3.05) is 55.7 Å². The molecule has 0 bridgehead atoms. The van der Waals surface area contributed by atoms with Gasteiger partial charge in [-0.05, 0) is 54.4 Å². The van der Waals surface area contributed by atoms with Crippen molar-refractivity contribution in [1.82, 2.24) is 29.4 Å². The van der Waals surface area contributed by atoms with Gasteiger partial charge in [-0.1, -0.05) is 18.9 Å². The minimum absolute atomic E-state index is 0.0244. The average Bonchev–Trinajstić information content (AvgIpc) is 3.39. The zero-order valence-electron chi connectivity index (χ0n) is 23.2. The number of amides is 2. The average molecular weight is 578 g/mol. The largest absolute Gasteiger partial charge is 0.416 e. The van der Waals surface area contributed by atoms with Crippen LogP contribution in [0.25, 0.3) is 5.65 Å². The van der Waals surface area contributed by atoms with Gasteiger partial charge in [-0.3, -0.25) is 10.2 Å². The van der Waals surface area contributed by atoms with E-state index < -0.39 is 17.8 Å². The van der Waals surface area contributed by atoms with Crippen molar-refractivity contribution >= 4 is 29.0 Å². The number of carbonyl (C=O) groups excluding carboxylic acids is 1. The smallest absolute Gasteiger partial charge is 0.372 e. The molecule has 13 heteroatoms. The molecule has 2 amide bonds. The van der Waals surface area contributed by atoms with Crippen LogP contribution in [0.5, 0.6) is 0 Å². The summed E-state index contributed by atoms with van der Waals surface area (Å²) in [6, 6.07) is 9.99. The third-order valence-electron chi connectivity index (χ3n) is 6.93. The van der Waals surface area contributed by atoms with Crippen LogP contribution >= 0.6 is 0 Å². The number of imidazole rings is 1. The molecule has 0 spiro atoms. The topological polar surface area (TPSA) is 103 Å². The summed E-state index contributed by atoms with van der Waals surface area (Å²) in [5.41, 5.74) is 1.20. The number of fused-ring (bicyclic) bond motifs is 1. The van der Waals surface area contributed by atoms with Crippen LogP contribution in [-0.2, 0) is 12.7 Å². The van der Waals surface area contributed by atoms with Crippen LogP contribution in [0.4, 0.5) is 35.3 Å². The molecule has 3 aromatic heterocycles. The van der Waals surface area contributed by atoms with Crippen molar-refractivity contribution in [3.05, 3.63) is 77.2 Å². The third-order valence-corrected chi connectivity index (χ3v) is 6.93. The van der Waals surface area contributed by atoms with Crippen LogP contribution in [0, 0.1) is 11.8 Å². The lowest BCUT2D eigenvalue weighted by Crippen LogP contribution is -2.45. The highest BCUT2D eigenvalue weighted by molar-refractivity contribution is 5.99. The second-order valence-corrected chi connectivity index (χ2v) is 9.72. The summed E-state index contributed by atoms with van der Waals surface area (Å²) in [5.74, 6) is 6.85. The minimum Gasteiger partial charge on any atom is -0.372 e. The zero-order valence-corrected chi connectivity index (χ0v) is 23.2. The number of nitrogens with zero attached hydrogens (tertiary/aromatic N) is 6. The fraction of sp³-hybridized carbons (Fsp3) is 0.310. The van der Waals surface area contributed by atoms with Crippen molar-refractivity contribution < 1.29 is 18.0 Å². The standard InChI is InChI=1S/C29H30F3N9O/c1-3-39-12-14-40(15-13-39)19-21-5-6-22(17-24(21)29(30,31)32)36-28(42)37-26-16-20(10-11-34-26)4-7-23-18-35-27-9-8-25(33-2)38-41(23)27/h5-6,8-11,16-18H,3,12-15,19H2,1-2H3,(H,33,38)(H2,34,36,37,42). The number of aromatic nitrogens is 4. The number of benzene rings is 1. The number of urea groups is 1. The Morgan fingerprint density at radius 2 is 1.74 bits per heavy atom. The van der Waals surface area contributed by atoms with Gasteiger partial charge in [0.25, 0.3) is 0 Å². The zero-order chi connectivity index (χ0) is 29.7. The molecule has 0 radical (unpaired) electrons. The van der Waals surface area contributed by atoms with Crippen LogP contribution in [0.1, 0.15) is 29.3 Å². The van der Waals surface area contributed by atoms with Crippen LogP contribution in [0.2, 0.25) is 0 Å². The SMILES string of the molecule is CCN1CCN(Cc2ccc(NC(=O)Nc3cc(C#Cc4cnc5ccc(NC)nn45)ccn3)cc2C(F)(F)F)CC1. The Hall–Kier alpha value is -4.67. The third kappa shape index (κ3) is 6.96. The molecule has 0 saturated carbocycles. The fourth-order valence-electron chi connectivity index (χ4n) is 4.64. The van der Waals surface area contributed by atoms with Gasteiger partial charge in [0.05, 0.1) is 11.8 Å². The monoisotopic (exact) mass is 577 g/mol. The van der Waals surface area contributed by atoms with E-state index in [1.807, 2.05) is 11.0 Å². The van der Waals surface area contributed by atoms with Crippen molar-refractivity contribution in [2.45, 2.75) is 19.6 Å². The maximum atomic E-state index is 13.9. The summed E-state index contributed by atoms with van der Waals surface area (Å²) in [6.07, 6.45) is -1.48. The molecule has 42 heavy (non-hydrogen) atoms. The summed E-state index contributed by atoms with van der Waals surface area (Å²) >= 11 is 0. The van der Waals surface area contributed by atoms with Gasteiger partial charge >= 0.3 is 12.2 Å². The van der Waals surface area contributed by atoms with Gasteiger partial charge in [-0.15, -0.1) is 5.10 Å². The van der Waals surface area contributed by atoms with Crippen LogP contribution in [0.15, 0.2) is 54.9 Å². The lowest BCUT2D eigenvalue weighted by molar-refractivity contribution is -0.138. The van der Waals surface area contributed by atoms with Gasteiger partial charge in [0.2, 0.25) is 0 Å². The normalized spacial score (nSPS) is 14.3. The number of carbonyl (C=O) groups is 1. The molecule has 0 unspecified atom stereocenters. The maximum absolute atomic E-state index is 13.9. The summed E-state index contributed by atoms with van der Waals surface area (Å²) < 4.78 is 43.4. The second kappa shape index (κ2) is 12.5. The molecule has 4 heterocycles. The van der Waals surface area contributed by atoms with Crippen molar-refractivity contribution in [3.8, 4) is 11.8 Å². The molecular weight excluding hydrogens is 547 g/mol. The van der Waals surface area contributed by atoms with Crippen LogP contribution in [-0.4, -0.2) is 75.2 Å². The fourth-order valence-corrected chi connectivity index (χ4v) is 4.64. The van der Waals surface area contributed by atoms with E-state index in [2.05, 4.69) is 54.7 Å². The van der Waals surface area contributed by atoms with Crippen LogP contribution < -0.4 is 16.0 Å². The van der Waals surface area contributed by atoms with E-state index in [0.29, 0.717) is 35.8 Å². The molecule has 1 aliphatic rings. The lowest BCUT2D eigenvalue weighted by Gasteiger charge is -2.34. The van der Waals surface area contributed by atoms with Crippen molar-refractivity contribution in [3.63, 3.8) is 0 Å². The van der Waals surface area contributed by atoms with Crippen LogP contribution in [0.3, 0.4) is 0 Å². The summed E-state index contributed by atoms with van der Waals surface area (Å²) in [4.78, 5) is 25.3. The minimum atomic E-state index is -4.56. The van der Waals surface area contributed by atoms with E-state index in [9.17, 15) is 18.0 Å². The van der Waals surface area contributed by atoms with Gasteiger partial charge < -0.3 is 15.5 Å². The molecule has 5 rings (SSSR count). The Morgan fingerprint density at radius 1 is 0.952 bits per heavy atom. The second-order valence-electron chi connectivity index (χ2n) is 9.72. The Balaban J connectivity index is 1.25. The highest BCUT2D eigenvalue weighted by atomic mass is 19.4. The number of halogens is 3. The molecule has 1 fully saturated rings. The van der Waals surface area contributed by atoms with E-state index in [1.54, 1.807) is 36.0 Å². The van der Waals surface area contributed by atoms with E-state index in [4.69, 9.17) is 0 Å². The number of alkyl halides is 3. The van der Waals surface area contributed by atoms with Crippen molar-refractivity contribution in [2.24, 2.45) is 0 Å². The first-order valence-electron chi connectivity index (χ1n) is 13.5. The van der Waals surface area contributed by atoms with E-state index >= 15 is 0 Å². The first-order chi connectivity index (χ1) is 20.2. The molecule has 0 aliphatic carbocycles. The Bertz CT molecular complexity index is 1630. The molecule has 3 N–H and O–H groups in total. The molecule has 10 nitrogen and oxygen atoms in total. The first-order valence-corrected chi connectivity index (χ1v) is 13.5. The first kappa shape index (κ1) is 28.8. The number of hydrogen-bond acceptors (Lipinski definition) is 7. The quantitative estimate of drug-likeness (QED) is 0.293. The van der Waals surface area contributed by atoms with Gasteiger partial charge in [0, 0.05) is 57.2 Å². The predicted octanol–water partition coefficient (Wildman–Crippen LogP) is 4.37. The summed E-state index contributed by atoms with van der Waals surface area (Å²) in [7, 11) is 1.76. The number of hydrogen-bond donors (Lipinski definition) is 3. The Labute approximate surface area is 240 Å². The van der Waals surface area contributed by atoms with Crippen molar-refractivity contribution in [1.29, 1.82) is 0 Å². The Kier molecular flexibility index (Phi) is 8.56. The lowest BCUT2D eigenvalue weighted by atomic mass is 10.0. The van der Waals surface area contributed by atoms with E-state index in [1.165, 1.54) is 18.3 Å². The number of nitrogens with one attached hydrogen (secondary N) is 3. The number of anilines is 3. The molecular formula is C29H30F3N9O. The summed E-state index contributed by atoms with van der Waals surface area (Å²) in [6.45, 7) is 6.26. The number of rotatable bonds is 6. The van der Waals surface area contributed by atoms with Gasteiger partial charge in [-0.2, -0.15) is 13.2 Å². The highest BCUT2D eigenvalue weighted by Crippen LogP contribution is 2.34. The summed E-state index contributed by atoms with van der Waals surface area (Å²) in [5, 5.41) is 12.4. The molecule has 4 aromatic rings. The predicted molar refractivity (Wildman–Crippen MR) is 154 cm³/mol.